The molecule has 3 rings (SSSR count). The van der Waals surface area contributed by atoms with Crippen LogP contribution in [0.4, 0.5) is 10.1 Å². The molecule has 8 heteroatoms. The average Bonchev–Trinajstić information content (AvgIpc) is 2.70. The molecule has 0 bridgehead atoms. The van der Waals surface area contributed by atoms with Gasteiger partial charge < -0.3 is 25.8 Å². The van der Waals surface area contributed by atoms with E-state index in [-0.39, 0.29) is 30.5 Å². The summed E-state index contributed by atoms with van der Waals surface area (Å²) in [5.41, 5.74) is 6.74. The molecule has 1 atom stereocenters. The molecule has 1 aliphatic carbocycles. The van der Waals surface area contributed by atoms with Crippen molar-refractivity contribution in [3.63, 3.8) is 0 Å². The van der Waals surface area contributed by atoms with Gasteiger partial charge >= 0.3 is 13.1 Å². The number of halogens is 1. The summed E-state index contributed by atoms with van der Waals surface area (Å²) < 4.78 is 15.3. The molecule has 6 nitrogen and oxygen atoms in total. The van der Waals surface area contributed by atoms with Gasteiger partial charge in [0.25, 0.3) is 0 Å². The quantitative estimate of drug-likeness (QED) is 0.342. The van der Waals surface area contributed by atoms with Crippen LogP contribution in [0.2, 0.25) is 6.32 Å². The fraction of sp³-hybridized carbons (Fsp3) is 0.435. The third kappa shape index (κ3) is 5.09. The average molecular weight is 428 g/mol. The predicted molar refractivity (Wildman–Crippen MR) is 120 cm³/mol. The van der Waals surface area contributed by atoms with Crippen LogP contribution in [0.1, 0.15) is 32.1 Å². The van der Waals surface area contributed by atoms with Gasteiger partial charge in [-0.2, -0.15) is 0 Å². The first-order chi connectivity index (χ1) is 14.7. The van der Waals surface area contributed by atoms with Crippen LogP contribution in [0.25, 0.3) is 11.1 Å². The molecule has 1 saturated carbocycles. The fourth-order valence-corrected chi connectivity index (χ4v) is 4.38. The SMILES string of the molecule is CN(c1cccc(-c2ccccc2)c1F)C1CC([C@@](N)(CCCCB(O)O)C(=O)O)C1. The number of unbranched alkanes of at least 4 members (excludes halogenated alkanes) is 1. The Morgan fingerprint density at radius 1 is 1.16 bits per heavy atom. The highest BCUT2D eigenvalue weighted by Gasteiger charge is 2.49. The number of carboxylic acid groups (broad SMARTS) is 1. The van der Waals surface area contributed by atoms with Gasteiger partial charge in [-0.15, -0.1) is 0 Å². The summed E-state index contributed by atoms with van der Waals surface area (Å²) in [4.78, 5) is 13.8. The number of carboxylic acids is 1. The first-order valence-electron chi connectivity index (χ1n) is 10.7. The van der Waals surface area contributed by atoms with Crippen molar-refractivity contribution in [3.05, 3.63) is 54.3 Å². The van der Waals surface area contributed by atoms with Crippen molar-refractivity contribution in [1.82, 2.24) is 0 Å². The van der Waals surface area contributed by atoms with E-state index in [4.69, 9.17) is 15.8 Å². The van der Waals surface area contributed by atoms with Gasteiger partial charge in [0, 0.05) is 18.7 Å². The van der Waals surface area contributed by atoms with E-state index in [1.165, 1.54) is 0 Å². The monoisotopic (exact) mass is 428 g/mol. The third-order valence-electron chi connectivity index (χ3n) is 6.53. The van der Waals surface area contributed by atoms with E-state index in [1.807, 2.05) is 48.3 Å². The van der Waals surface area contributed by atoms with E-state index in [1.54, 1.807) is 12.1 Å². The molecule has 2 aromatic carbocycles. The highest BCUT2D eigenvalue weighted by atomic mass is 19.1. The largest absolute Gasteiger partial charge is 0.480 e. The highest BCUT2D eigenvalue weighted by molar-refractivity contribution is 6.40. The molecule has 0 unspecified atom stereocenters. The number of hydrogen-bond acceptors (Lipinski definition) is 5. The van der Waals surface area contributed by atoms with Gasteiger partial charge in [-0.3, -0.25) is 4.79 Å². The normalized spacial score (nSPS) is 19.9. The zero-order chi connectivity index (χ0) is 22.6. The summed E-state index contributed by atoms with van der Waals surface area (Å²) in [5.74, 6) is -1.54. The molecular formula is C23H30BFN2O4. The molecule has 0 aliphatic heterocycles. The minimum atomic E-state index is -1.39. The van der Waals surface area contributed by atoms with E-state index in [0.717, 1.165) is 5.56 Å². The van der Waals surface area contributed by atoms with Crippen LogP contribution in [0.15, 0.2) is 48.5 Å². The third-order valence-corrected chi connectivity index (χ3v) is 6.53. The fourth-order valence-electron chi connectivity index (χ4n) is 4.38. The number of rotatable bonds is 10. The van der Waals surface area contributed by atoms with Crippen molar-refractivity contribution in [1.29, 1.82) is 0 Å². The van der Waals surface area contributed by atoms with Crippen LogP contribution in [0.3, 0.4) is 0 Å². The molecule has 5 N–H and O–H groups in total. The number of carbonyl (C=O) groups is 1. The Morgan fingerprint density at radius 3 is 2.45 bits per heavy atom. The first-order valence-corrected chi connectivity index (χ1v) is 10.7. The minimum Gasteiger partial charge on any atom is -0.480 e. The predicted octanol–water partition coefficient (Wildman–Crippen LogP) is 3.13. The molecule has 31 heavy (non-hydrogen) atoms. The van der Waals surface area contributed by atoms with Gasteiger partial charge in [0.1, 0.15) is 5.54 Å². The second-order valence-electron chi connectivity index (χ2n) is 8.51. The summed E-state index contributed by atoms with van der Waals surface area (Å²) >= 11 is 0. The molecule has 0 spiro atoms. The van der Waals surface area contributed by atoms with Crippen LogP contribution < -0.4 is 10.6 Å². The van der Waals surface area contributed by atoms with Crippen LogP contribution in [-0.2, 0) is 4.79 Å². The van der Waals surface area contributed by atoms with Crippen molar-refractivity contribution in [3.8, 4) is 11.1 Å². The summed E-state index contributed by atoms with van der Waals surface area (Å²) in [6.07, 6.45) is 2.60. The Hall–Kier alpha value is -2.42. The van der Waals surface area contributed by atoms with E-state index in [0.29, 0.717) is 36.9 Å². The Balaban J connectivity index is 1.66. The van der Waals surface area contributed by atoms with E-state index >= 15 is 4.39 Å². The van der Waals surface area contributed by atoms with Gasteiger partial charge in [-0.1, -0.05) is 55.3 Å². The van der Waals surface area contributed by atoms with E-state index in [9.17, 15) is 9.90 Å². The van der Waals surface area contributed by atoms with Crippen molar-refractivity contribution in [2.75, 3.05) is 11.9 Å². The van der Waals surface area contributed by atoms with Crippen LogP contribution in [-0.4, -0.2) is 46.9 Å². The maximum Gasteiger partial charge on any atom is 0.451 e. The van der Waals surface area contributed by atoms with Gasteiger partial charge in [-0.25, -0.2) is 4.39 Å². The van der Waals surface area contributed by atoms with Gasteiger partial charge in [0.05, 0.1) is 5.69 Å². The molecule has 1 fully saturated rings. The van der Waals surface area contributed by atoms with Gasteiger partial charge in [0.15, 0.2) is 5.82 Å². The standard InChI is InChI=1S/C23H30BFN2O4/c1-27(20-11-7-10-19(21(20)25)16-8-3-2-4-9-16)18-14-17(15-18)23(26,22(28)29)12-5-6-13-24(30)31/h2-4,7-11,17-18,30-31H,5-6,12-15,26H2,1H3,(H,28,29)/t17?,18?,23-/m0/s1. The lowest BCUT2D eigenvalue weighted by molar-refractivity contribution is -0.147. The van der Waals surface area contributed by atoms with Crippen LogP contribution >= 0.6 is 0 Å². The zero-order valence-corrected chi connectivity index (χ0v) is 17.7. The maximum absolute atomic E-state index is 15.3. The van der Waals surface area contributed by atoms with Crippen molar-refractivity contribution in [2.45, 2.75) is 50.0 Å². The Labute approximate surface area is 182 Å². The summed E-state index contributed by atoms with van der Waals surface area (Å²) in [6.45, 7) is 0. The molecule has 166 valence electrons. The topological polar surface area (TPSA) is 107 Å². The Morgan fingerprint density at radius 2 is 1.84 bits per heavy atom. The molecule has 0 saturated heterocycles. The first kappa shape index (κ1) is 23.3. The number of hydrogen-bond donors (Lipinski definition) is 4. The van der Waals surface area contributed by atoms with Crippen LogP contribution in [0.5, 0.6) is 0 Å². The van der Waals surface area contributed by atoms with E-state index < -0.39 is 18.6 Å². The van der Waals surface area contributed by atoms with Crippen molar-refractivity contribution >= 4 is 18.8 Å². The molecule has 0 radical (unpaired) electrons. The van der Waals surface area contributed by atoms with Crippen LogP contribution in [0, 0.1) is 11.7 Å². The summed E-state index contributed by atoms with van der Waals surface area (Å²) in [6, 6.07) is 14.7. The Bertz CT molecular complexity index is 892. The second-order valence-corrected chi connectivity index (χ2v) is 8.51. The number of nitrogens with zero attached hydrogens (tertiary/aromatic N) is 1. The molecular weight excluding hydrogens is 398 g/mol. The lowest BCUT2D eigenvalue weighted by Gasteiger charge is -2.48. The molecule has 0 heterocycles. The van der Waals surface area contributed by atoms with E-state index in [2.05, 4.69) is 0 Å². The number of anilines is 1. The number of aliphatic carboxylic acids is 1. The minimum absolute atomic E-state index is 0.00654. The lowest BCUT2D eigenvalue weighted by Crippen LogP contribution is -2.61. The maximum atomic E-state index is 15.3. The van der Waals surface area contributed by atoms with Gasteiger partial charge in [-0.05, 0) is 43.1 Å². The Kier molecular flexibility index (Phi) is 7.36. The molecule has 1 aliphatic rings. The smallest absolute Gasteiger partial charge is 0.451 e. The summed E-state index contributed by atoms with van der Waals surface area (Å²) in [7, 11) is 0.440. The van der Waals surface area contributed by atoms with Gasteiger partial charge in [0.2, 0.25) is 0 Å². The molecule has 2 aromatic rings. The molecule has 0 amide bonds. The molecule has 0 aromatic heterocycles. The second kappa shape index (κ2) is 9.81. The lowest BCUT2D eigenvalue weighted by atomic mass is 9.65. The number of nitrogens with two attached hydrogens (primary N) is 1. The number of benzene rings is 2. The highest BCUT2D eigenvalue weighted by Crippen LogP contribution is 2.42. The zero-order valence-electron chi connectivity index (χ0n) is 17.7. The van der Waals surface area contributed by atoms with Crippen molar-refractivity contribution in [2.24, 2.45) is 11.7 Å². The summed E-state index contributed by atoms with van der Waals surface area (Å²) in [5, 5.41) is 27.6. The van der Waals surface area contributed by atoms with Crippen molar-refractivity contribution < 1.29 is 24.3 Å².